The summed E-state index contributed by atoms with van der Waals surface area (Å²) in [6.07, 6.45) is 6.67. The van der Waals surface area contributed by atoms with E-state index >= 15 is 0 Å². The van der Waals surface area contributed by atoms with E-state index in [9.17, 15) is 4.79 Å². The number of aromatic nitrogens is 2. The van der Waals surface area contributed by atoms with Gasteiger partial charge in [0.1, 0.15) is 0 Å². The van der Waals surface area contributed by atoms with Gasteiger partial charge in [-0.1, -0.05) is 17.2 Å². The fourth-order valence-electron chi connectivity index (χ4n) is 3.19. The van der Waals surface area contributed by atoms with E-state index in [-0.39, 0.29) is 11.9 Å². The van der Waals surface area contributed by atoms with Gasteiger partial charge in [0.2, 0.25) is 5.89 Å². The Kier molecular flexibility index (Phi) is 4.75. The molecule has 0 saturated heterocycles. The summed E-state index contributed by atoms with van der Waals surface area (Å²) in [6.45, 7) is 0. The number of thioether (sulfide) groups is 1. The second-order valence-corrected chi connectivity index (χ2v) is 7.17. The lowest BCUT2D eigenvalue weighted by atomic mass is 9.90. The van der Waals surface area contributed by atoms with Crippen LogP contribution in [0.15, 0.2) is 51.8 Å². The average Bonchev–Trinajstić information content (AvgIpc) is 3.16. The van der Waals surface area contributed by atoms with Crippen molar-refractivity contribution in [2.24, 2.45) is 0 Å². The molecule has 4 rings (SSSR count). The lowest BCUT2D eigenvalue weighted by Gasteiger charge is -2.15. The molecule has 6 heteroatoms. The summed E-state index contributed by atoms with van der Waals surface area (Å²) in [5.74, 6) is 0.160. The number of carbonyl (C=O) groups excluding carboxylic acids is 1. The van der Waals surface area contributed by atoms with Gasteiger partial charge in [-0.2, -0.15) is 0 Å². The molecule has 0 atom stereocenters. The minimum atomic E-state index is -0.262. The highest BCUT2D eigenvalue weighted by Gasteiger charge is 2.15. The number of hydrogen-bond acceptors (Lipinski definition) is 5. The van der Waals surface area contributed by atoms with Crippen LogP contribution in [0.2, 0.25) is 0 Å². The number of aryl methyl sites for hydroxylation is 2. The topological polar surface area (TPSA) is 68.0 Å². The Hall–Kier alpha value is -2.60. The normalized spacial score (nSPS) is 13.3. The Balaban J connectivity index is 1.52. The molecular weight excluding hydrogens is 346 g/mol. The molecule has 0 saturated carbocycles. The quantitative estimate of drug-likeness (QED) is 0.685. The van der Waals surface area contributed by atoms with Crippen molar-refractivity contribution in [3.63, 3.8) is 0 Å². The second-order valence-electron chi connectivity index (χ2n) is 6.29. The molecule has 5 nitrogen and oxygen atoms in total. The first-order valence-corrected chi connectivity index (χ1v) is 9.86. The molecular formula is C20H19N3O2S. The summed E-state index contributed by atoms with van der Waals surface area (Å²) in [5.41, 5.74) is 4.21. The molecule has 0 unspecified atom stereocenters. The molecule has 1 aliphatic rings. The summed E-state index contributed by atoms with van der Waals surface area (Å²) < 4.78 is 5.65. The van der Waals surface area contributed by atoms with E-state index in [0.29, 0.717) is 11.5 Å². The summed E-state index contributed by atoms with van der Waals surface area (Å²) in [4.78, 5) is 13.4. The van der Waals surface area contributed by atoms with Gasteiger partial charge in [-0.3, -0.25) is 10.1 Å². The van der Waals surface area contributed by atoms with Crippen LogP contribution in [-0.4, -0.2) is 22.4 Å². The van der Waals surface area contributed by atoms with Crippen LogP contribution in [0.3, 0.4) is 0 Å². The molecule has 1 aliphatic carbocycles. The van der Waals surface area contributed by atoms with Gasteiger partial charge in [-0.15, -0.1) is 16.9 Å². The number of nitrogens with zero attached hydrogens (tertiary/aromatic N) is 2. The molecule has 1 amide bonds. The molecule has 3 aromatic rings. The minimum absolute atomic E-state index is 0.109. The Bertz CT molecular complexity index is 952. The maximum Gasteiger partial charge on any atom is 0.322 e. The van der Waals surface area contributed by atoms with Crippen molar-refractivity contribution in [2.45, 2.75) is 30.6 Å². The molecule has 0 bridgehead atoms. The van der Waals surface area contributed by atoms with Gasteiger partial charge in [0.25, 0.3) is 5.91 Å². The summed E-state index contributed by atoms with van der Waals surface area (Å²) >= 11 is 1.59. The van der Waals surface area contributed by atoms with Crippen LogP contribution in [0.5, 0.6) is 0 Å². The third-order valence-electron chi connectivity index (χ3n) is 4.57. The van der Waals surface area contributed by atoms with E-state index in [1.54, 1.807) is 17.8 Å². The van der Waals surface area contributed by atoms with Crippen molar-refractivity contribution in [2.75, 3.05) is 11.6 Å². The molecule has 1 N–H and O–H groups in total. The van der Waals surface area contributed by atoms with Crippen LogP contribution in [-0.2, 0) is 12.8 Å². The highest BCUT2D eigenvalue weighted by Crippen LogP contribution is 2.27. The van der Waals surface area contributed by atoms with Crippen LogP contribution in [0, 0.1) is 0 Å². The SMILES string of the molecule is CSc1cccc(C(=O)Nc2nnc(-c3ccc4c(c3)CCCC4)o2)c1. The molecule has 2 aromatic carbocycles. The number of benzene rings is 2. The predicted octanol–water partition coefficient (Wildman–Crippen LogP) is 4.59. The average molecular weight is 365 g/mol. The zero-order valence-electron chi connectivity index (χ0n) is 14.5. The lowest BCUT2D eigenvalue weighted by molar-refractivity contribution is 0.102. The van der Waals surface area contributed by atoms with Crippen molar-refractivity contribution >= 4 is 23.7 Å². The van der Waals surface area contributed by atoms with Gasteiger partial charge < -0.3 is 4.42 Å². The van der Waals surface area contributed by atoms with Crippen LogP contribution < -0.4 is 5.32 Å². The van der Waals surface area contributed by atoms with E-state index in [1.807, 2.05) is 30.5 Å². The maximum absolute atomic E-state index is 12.4. The number of carbonyl (C=O) groups is 1. The predicted molar refractivity (Wildman–Crippen MR) is 103 cm³/mol. The first kappa shape index (κ1) is 16.8. The van der Waals surface area contributed by atoms with E-state index in [0.717, 1.165) is 23.3 Å². The second kappa shape index (κ2) is 7.33. The first-order chi connectivity index (χ1) is 12.7. The highest BCUT2D eigenvalue weighted by molar-refractivity contribution is 7.98. The Labute approximate surface area is 156 Å². The van der Waals surface area contributed by atoms with Gasteiger partial charge in [0.05, 0.1) is 0 Å². The number of amides is 1. The molecule has 0 radical (unpaired) electrons. The minimum Gasteiger partial charge on any atom is -0.403 e. The largest absolute Gasteiger partial charge is 0.403 e. The molecule has 132 valence electrons. The van der Waals surface area contributed by atoms with E-state index in [2.05, 4.69) is 27.6 Å². The van der Waals surface area contributed by atoms with E-state index in [1.165, 1.54) is 24.0 Å². The lowest BCUT2D eigenvalue weighted by Crippen LogP contribution is -2.12. The summed E-state index contributed by atoms with van der Waals surface area (Å²) in [6, 6.07) is 13.8. The summed E-state index contributed by atoms with van der Waals surface area (Å²) in [7, 11) is 0. The fraction of sp³-hybridized carbons (Fsp3) is 0.250. The van der Waals surface area contributed by atoms with Crippen molar-refractivity contribution < 1.29 is 9.21 Å². The first-order valence-electron chi connectivity index (χ1n) is 8.64. The van der Waals surface area contributed by atoms with Gasteiger partial charge in [0.15, 0.2) is 0 Å². The fourth-order valence-corrected chi connectivity index (χ4v) is 3.65. The van der Waals surface area contributed by atoms with Crippen molar-refractivity contribution in [3.8, 4) is 11.5 Å². The highest BCUT2D eigenvalue weighted by atomic mass is 32.2. The molecule has 0 fully saturated rings. The van der Waals surface area contributed by atoms with Crippen LogP contribution >= 0.6 is 11.8 Å². The number of hydrogen-bond donors (Lipinski definition) is 1. The molecule has 0 aliphatic heterocycles. The van der Waals surface area contributed by atoms with Gasteiger partial charge in [-0.25, -0.2) is 0 Å². The van der Waals surface area contributed by atoms with Gasteiger partial charge >= 0.3 is 6.01 Å². The third-order valence-corrected chi connectivity index (χ3v) is 5.30. The standard InChI is InChI=1S/C20H19N3O2S/c1-26-17-8-4-7-15(12-17)18(24)21-20-23-22-19(25-20)16-10-9-13-5-2-3-6-14(13)11-16/h4,7-12H,2-3,5-6H2,1H3,(H,21,23,24). The third kappa shape index (κ3) is 3.51. The zero-order chi connectivity index (χ0) is 17.9. The number of fused-ring (bicyclic) bond motifs is 1. The maximum atomic E-state index is 12.4. The van der Waals surface area contributed by atoms with E-state index < -0.39 is 0 Å². The monoisotopic (exact) mass is 365 g/mol. The van der Waals surface area contributed by atoms with Gasteiger partial charge in [-0.05, 0) is 73.4 Å². The smallest absolute Gasteiger partial charge is 0.322 e. The Morgan fingerprint density at radius 3 is 2.77 bits per heavy atom. The number of anilines is 1. The Morgan fingerprint density at radius 1 is 1.08 bits per heavy atom. The summed E-state index contributed by atoms with van der Waals surface area (Å²) in [5, 5.41) is 10.7. The number of rotatable bonds is 4. The van der Waals surface area contributed by atoms with E-state index in [4.69, 9.17) is 4.42 Å². The van der Waals surface area contributed by atoms with Gasteiger partial charge in [0, 0.05) is 16.0 Å². The molecule has 26 heavy (non-hydrogen) atoms. The molecule has 1 aromatic heterocycles. The van der Waals surface area contributed by atoms with Crippen molar-refractivity contribution in [1.82, 2.24) is 10.2 Å². The zero-order valence-corrected chi connectivity index (χ0v) is 15.3. The number of nitrogens with one attached hydrogen (secondary N) is 1. The van der Waals surface area contributed by atoms with Crippen LogP contribution in [0.1, 0.15) is 34.3 Å². The van der Waals surface area contributed by atoms with Crippen molar-refractivity contribution in [1.29, 1.82) is 0 Å². The van der Waals surface area contributed by atoms with Crippen molar-refractivity contribution in [3.05, 3.63) is 59.2 Å². The van der Waals surface area contributed by atoms with Crippen LogP contribution in [0.4, 0.5) is 6.01 Å². The molecule has 0 spiro atoms. The molecule has 1 heterocycles. The van der Waals surface area contributed by atoms with Crippen LogP contribution in [0.25, 0.3) is 11.5 Å². The Morgan fingerprint density at radius 2 is 1.92 bits per heavy atom.